The fraction of sp³-hybridized carbons (Fsp3) is 0.296. The van der Waals surface area contributed by atoms with Gasteiger partial charge in [-0.3, -0.25) is 14.0 Å². The number of sulfonamides is 1. The molecule has 0 spiro atoms. The van der Waals surface area contributed by atoms with Gasteiger partial charge in [-0.25, -0.2) is 12.8 Å². The molecule has 0 aromatic heterocycles. The second kappa shape index (κ2) is 10.9. The van der Waals surface area contributed by atoms with E-state index in [4.69, 9.17) is 14.2 Å². The third-order valence-corrected chi connectivity index (χ3v) is 8.39. The van der Waals surface area contributed by atoms with Crippen LogP contribution in [0.1, 0.15) is 5.56 Å². The zero-order chi connectivity index (χ0) is 26.7. The summed E-state index contributed by atoms with van der Waals surface area (Å²) in [5.74, 6) is 0.811. The highest BCUT2D eigenvalue weighted by molar-refractivity contribution is 7.92. The van der Waals surface area contributed by atoms with Crippen molar-refractivity contribution in [1.29, 1.82) is 0 Å². The number of anilines is 1. The third kappa shape index (κ3) is 5.39. The fourth-order valence-corrected chi connectivity index (χ4v) is 5.93. The van der Waals surface area contributed by atoms with E-state index in [2.05, 4.69) is 4.90 Å². The standard InChI is InChI=1S/C27H28FN3O6S/c1-35-21-7-9-22(10-8-21)38(33,34)31(24-5-3-2-4-23(24)28)18-27(32)30-14-12-29(13-15-30)17-20-6-11-25-26(16-20)37-19-36-25/h2-11,16H,12-15,17-19H2,1H3. The number of hydrogen-bond acceptors (Lipinski definition) is 7. The second-order valence-corrected chi connectivity index (χ2v) is 10.8. The first-order valence-corrected chi connectivity index (χ1v) is 13.6. The Kier molecular flexibility index (Phi) is 7.39. The molecule has 1 amide bonds. The third-order valence-electron chi connectivity index (χ3n) is 6.62. The summed E-state index contributed by atoms with van der Waals surface area (Å²) in [6.45, 7) is 2.48. The number of hydrogen-bond donors (Lipinski definition) is 0. The van der Waals surface area contributed by atoms with Gasteiger partial charge in [-0.15, -0.1) is 0 Å². The van der Waals surface area contributed by atoms with E-state index >= 15 is 0 Å². The molecule has 3 aromatic carbocycles. The largest absolute Gasteiger partial charge is 0.497 e. The Morgan fingerprint density at radius 1 is 0.974 bits per heavy atom. The predicted octanol–water partition coefficient (Wildman–Crippen LogP) is 3.10. The molecule has 0 aliphatic carbocycles. The molecule has 0 saturated carbocycles. The van der Waals surface area contributed by atoms with E-state index in [1.807, 2.05) is 18.2 Å². The zero-order valence-electron chi connectivity index (χ0n) is 20.9. The van der Waals surface area contributed by atoms with Gasteiger partial charge >= 0.3 is 0 Å². The molecule has 2 aliphatic rings. The molecule has 0 atom stereocenters. The highest BCUT2D eigenvalue weighted by Crippen LogP contribution is 2.33. The van der Waals surface area contributed by atoms with Gasteiger partial charge in [-0.1, -0.05) is 18.2 Å². The number of rotatable bonds is 8. The van der Waals surface area contributed by atoms with Crippen LogP contribution in [0, 0.1) is 5.82 Å². The number of piperazine rings is 1. The minimum absolute atomic E-state index is 0.0668. The van der Waals surface area contributed by atoms with Crippen LogP contribution in [0.15, 0.2) is 71.6 Å². The average Bonchev–Trinajstić information content (AvgIpc) is 3.40. The smallest absolute Gasteiger partial charge is 0.264 e. The molecule has 200 valence electrons. The van der Waals surface area contributed by atoms with Gasteiger partial charge in [0.15, 0.2) is 11.5 Å². The van der Waals surface area contributed by atoms with Crippen LogP contribution >= 0.6 is 0 Å². The fourth-order valence-electron chi connectivity index (χ4n) is 4.50. The van der Waals surface area contributed by atoms with Crippen molar-refractivity contribution in [3.05, 3.63) is 78.1 Å². The Balaban J connectivity index is 1.28. The summed E-state index contributed by atoms with van der Waals surface area (Å²) < 4.78 is 58.6. The van der Waals surface area contributed by atoms with Crippen molar-refractivity contribution in [1.82, 2.24) is 9.80 Å². The average molecular weight is 542 g/mol. The summed E-state index contributed by atoms with van der Waals surface area (Å²) in [7, 11) is -2.76. The second-order valence-electron chi connectivity index (χ2n) is 8.98. The van der Waals surface area contributed by atoms with Crippen LogP contribution in [0.4, 0.5) is 10.1 Å². The Morgan fingerprint density at radius 3 is 2.39 bits per heavy atom. The summed E-state index contributed by atoms with van der Waals surface area (Å²) in [4.78, 5) is 17.1. The van der Waals surface area contributed by atoms with Gasteiger partial charge in [0.1, 0.15) is 18.1 Å². The summed E-state index contributed by atoms with van der Waals surface area (Å²) in [6, 6.07) is 17.1. The van der Waals surface area contributed by atoms with Crippen molar-refractivity contribution in [2.75, 3.05) is 50.9 Å². The summed E-state index contributed by atoms with van der Waals surface area (Å²) in [6.07, 6.45) is 0. The number of benzene rings is 3. The van der Waals surface area contributed by atoms with Gasteiger partial charge in [0.05, 0.1) is 17.7 Å². The summed E-state index contributed by atoms with van der Waals surface area (Å²) >= 11 is 0. The molecule has 2 heterocycles. The van der Waals surface area contributed by atoms with Crippen molar-refractivity contribution in [2.24, 2.45) is 0 Å². The molecular weight excluding hydrogens is 513 g/mol. The van der Waals surface area contributed by atoms with Crippen LogP contribution in [-0.2, 0) is 21.4 Å². The van der Waals surface area contributed by atoms with E-state index in [-0.39, 0.29) is 17.4 Å². The Morgan fingerprint density at radius 2 is 1.68 bits per heavy atom. The minimum Gasteiger partial charge on any atom is -0.497 e. The normalized spacial score (nSPS) is 15.4. The zero-order valence-corrected chi connectivity index (χ0v) is 21.7. The van der Waals surface area contributed by atoms with Gasteiger partial charge in [-0.2, -0.15) is 0 Å². The van der Waals surface area contributed by atoms with Crippen LogP contribution in [0.5, 0.6) is 17.2 Å². The number of methoxy groups -OCH3 is 1. The Bertz CT molecular complexity index is 1410. The van der Waals surface area contributed by atoms with E-state index in [1.165, 1.54) is 55.6 Å². The van der Waals surface area contributed by atoms with E-state index in [0.29, 0.717) is 38.5 Å². The lowest BCUT2D eigenvalue weighted by molar-refractivity contribution is -0.131. The number of carbonyl (C=O) groups is 1. The van der Waals surface area contributed by atoms with Crippen LogP contribution in [0.25, 0.3) is 0 Å². The highest BCUT2D eigenvalue weighted by atomic mass is 32.2. The van der Waals surface area contributed by atoms with Crippen LogP contribution in [0.3, 0.4) is 0 Å². The highest BCUT2D eigenvalue weighted by Gasteiger charge is 2.32. The van der Waals surface area contributed by atoms with Crippen molar-refractivity contribution < 1.29 is 31.8 Å². The lowest BCUT2D eigenvalue weighted by Gasteiger charge is -2.36. The first-order valence-electron chi connectivity index (χ1n) is 12.1. The SMILES string of the molecule is COc1ccc(S(=O)(=O)N(CC(=O)N2CCN(Cc3ccc4c(c3)OCO4)CC2)c2ccccc2F)cc1. The lowest BCUT2D eigenvalue weighted by atomic mass is 10.1. The first-order chi connectivity index (χ1) is 18.3. The van der Waals surface area contributed by atoms with Gasteiger partial charge < -0.3 is 19.1 Å². The van der Waals surface area contributed by atoms with Gasteiger partial charge in [-0.05, 0) is 54.1 Å². The number of fused-ring (bicyclic) bond motifs is 1. The monoisotopic (exact) mass is 541 g/mol. The van der Waals surface area contributed by atoms with E-state index in [9.17, 15) is 17.6 Å². The maximum atomic E-state index is 14.8. The summed E-state index contributed by atoms with van der Waals surface area (Å²) in [5, 5.41) is 0. The summed E-state index contributed by atoms with van der Waals surface area (Å²) in [5.41, 5.74) is 0.892. The van der Waals surface area contributed by atoms with Gasteiger partial charge in [0.2, 0.25) is 12.7 Å². The van der Waals surface area contributed by atoms with Crippen molar-refractivity contribution in [3.8, 4) is 17.2 Å². The van der Waals surface area contributed by atoms with E-state index in [1.54, 1.807) is 4.90 Å². The topological polar surface area (TPSA) is 88.6 Å². The molecule has 9 nitrogen and oxygen atoms in total. The molecule has 0 bridgehead atoms. The molecule has 5 rings (SSSR count). The maximum Gasteiger partial charge on any atom is 0.264 e. The first kappa shape index (κ1) is 25.8. The Hall–Kier alpha value is -3.83. The molecular formula is C27H28FN3O6S. The van der Waals surface area contributed by atoms with Crippen molar-refractivity contribution in [2.45, 2.75) is 11.4 Å². The number of ether oxygens (including phenoxy) is 3. The van der Waals surface area contributed by atoms with Crippen molar-refractivity contribution in [3.63, 3.8) is 0 Å². The Labute approximate surface area is 221 Å². The van der Waals surface area contributed by atoms with Gasteiger partial charge in [0, 0.05) is 32.7 Å². The molecule has 0 unspecified atom stereocenters. The quantitative estimate of drug-likeness (QED) is 0.433. The van der Waals surface area contributed by atoms with E-state index < -0.39 is 28.3 Å². The number of carbonyl (C=O) groups excluding carboxylic acids is 1. The molecule has 38 heavy (non-hydrogen) atoms. The number of nitrogens with zero attached hydrogens (tertiary/aromatic N) is 3. The molecule has 3 aromatic rings. The lowest BCUT2D eigenvalue weighted by Crippen LogP contribution is -2.51. The maximum absolute atomic E-state index is 14.8. The van der Waals surface area contributed by atoms with Gasteiger partial charge in [0.25, 0.3) is 10.0 Å². The molecule has 2 aliphatic heterocycles. The number of amides is 1. The predicted molar refractivity (Wildman–Crippen MR) is 138 cm³/mol. The molecule has 11 heteroatoms. The van der Waals surface area contributed by atoms with E-state index in [0.717, 1.165) is 21.4 Å². The molecule has 0 N–H and O–H groups in total. The molecule has 1 fully saturated rings. The number of para-hydroxylation sites is 1. The molecule has 1 saturated heterocycles. The van der Waals surface area contributed by atoms with Crippen LogP contribution < -0.4 is 18.5 Å². The number of halogens is 1. The minimum atomic E-state index is -4.23. The van der Waals surface area contributed by atoms with Crippen molar-refractivity contribution >= 4 is 21.6 Å². The molecule has 0 radical (unpaired) electrons. The van der Waals surface area contributed by atoms with Crippen LogP contribution in [0.2, 0.25) is 0 Å². The van der Waals surface area contributed by atoms with Crippen LogP contribution in [-0.4, -0.2) is 70.8 Å².